The van der Waals surface area contributed by atoms with Gasteiger partial charge < -0.3 is 5.11 Å². The Balaban J connectivity index is 1.86. The van der Waals surface area contributed by atoms with Crippen LogP contribution in [0.15, 0.2) is 54.6 Å². The first-order valence-corrected chi connectivity index (χ1v) is 6.92. The Morgan fingerprint density at radius 1 is 1.05 bits per heavy atom. The van der Waals surface area contributed by atoms with Crippen molar-refractivity contribution in [2.75, 3.05) is 0 Å². The summed E-state index contributed by atoms with van der Waals surface area (Å²) in [5.74, 6) is 0.591. The number of tetrazole rings is 1. The fourth-order valence-electron chi connectivity index (χ4n) is 2.09. The van der Waals surface area contributed by atoms with E-state index in [1.165, 1.54) is 4.80 Å². The van der Waals surface area contributed by atoms with Gasteiger partial charge in [0.2, 0.25) is 5.82 Å². The molecule has 5 heteroatoms. The third-order valence-electron chi connectivity index (χ3n) is 3.34. The number of benzene rings is 2. The van der Waals surface area contributed by atoms with Gasteiger partial charge >= 0.3 is 0 Å². The molecular formula is C16H16N4O. The maximum absolute atomic E-state index is 9.79. The second kappa shape index (κ2) is 5.85. The summed E-state index contributed by atoms with van der Waals surface area (Å²) in [7, 11) is 0. The molecule has 106 valence electrons. The summed E-state index contributed by atoms with van der Waals surface area (Å²) in [5, 5.41) is 22.3. The average Bonchev–Trinajstić information content (AvgIpc) is 3.05. The van der Waals surface area contributed by atoms with Gasteiger partial charge in [0.05, 0.1) is 11.8 Å². The minimum absolute atomic E-state index is 0.428. The van der Waals surface area contributed by atoms with Crippen molar-refractivity contribution in [3.63, 3.8) is 0 Å². The summed E-state index contributed by atoms with van der Waals surface area (Å²) in [6.07, 6.45) is 0.265. The molecule has 0 radical (unpaired) electrons. The molecular weight excluding hydrogens is 264 g/mol. The zero-order chi connectivity index (χ0) is 14.7. The molecule has 0 amide bonds. The summed E-state index contributed by atoms with van der Waals surface area (Å²) in [4.78, 5) is 1.49. The van der Waals surface area contributed by atoms with Crippen molar-refractivity contribution < 1.29 is 5.11 Å². The Morgan fingerprint density at radius 2 is 1.76 bits per heavy atom. The Hall–Kier alpha value is -2.53. The SMILES string of the molecule is CC[C@H](O)c1ccc(-n2nnc(-c3ccccc3)n2)cc1. The first kappa shape index (κ1) is 13.5. The van der Waals surface area contributed by atoms with Crippen LogP contribution in [0.5, 0.6) is 0 Å². The zero-order valence-corrected chi connectivity index (χ0v) is 11.7. The van der Waals surface area contributed by atoms with E-state index in [9.17, 15) is 5.11 Å². The Morgan fingerprint density at radius 3 is 2.43 bits per heavy atom. The van der Waals surface area contributed by atoms with E-state index < -0.39 is 6.10 Å². The highest BCUT2D eigenvalue weighted by molar-refractivity contribution is 5.53. The van der Waals surface area contributed by atoms with Gasteiger partial charge in [0.25, 0.3) is 0 Å². The lowest BCUT2D eigenvalue weighted by molar-refractivity contribution is 0.173. The number of hydrogen-bond acceptors (Lipinski definition) is 4. The molecule has 5 nitrogen and oxygen atoms in total. The van der Waals surface area contributed by atoms with Crippen LogP contribution in [0.3, 0.4) is 0 Å². The van der Waals surface area contributed by atoms with Crippen LogP contribution in [-0.2, 0) is 0 Å². The van der Waals surface area contributed by atoms with E-state index in [1.807, 2.05) is 61.5 Å². The lowest BCUT2D eigenvalue weighted by Gasteiger charge is -2.08. The van der Waals surface area contributed by atoms with Crippen LogP contribution < -0.4 is 0 Å². The fourth-order valence-corrected chi connectivity index (χ4v) is 2.09. The van der Waals surface area contributed by atoms with Crippen LogP contribution in [0, 0.1) is 0 Å². The lowest BCUT2D eigenvalue weighted by Crippen LogP contribution is -2.00. The van der Waals surface area contributed by atoms with Crippen LogP contribution in [0.4, 0.5) is 0 Å². The Kier molecular flexibility index (Phi) is 3.75. The molecule has 0 aliphatic rings. The number of rotatable bonds is 4. The molecule has 0 aliphatic heterocycles. The van der Waals surface area contributed by atoms with Gasteiger partial charge in [-0.2, -0.15) is 0 Å². The molecule has 0 spiro atoms. The number of aromatic nitrogens is 4. The first-order chi connectivity index (χ1) is 10.3. The lowest BCUT2D eigenvalue weighted by atomic mass is 10.1. The number of hydrogen-bond donors (Lipinski definition) is 1. The molecule has 0 saturated heterocycles. The maximum atomic E-state index is 9.79. The molecule has 1 aromatic heterocycles. The van der Waals surface area contributed by atoms with E-state index in [0.29, 0.717) is 12.2 Å². The van der Waals surface area contributed by atoms with Crippen molar-refractivity contribution in [2.24, 2.45) is 0 Å². The predicted octanol–water partition coefficient (Wildman–Crippen LogP) is 2.77. The van der Waals surface area contributed by atoms with Gasteiger partial charge in [0.1, 0.15) is 0 Å². The van der Waals surface area contributed by atoms with E-state index >= 15 is 0 Å². The van der Waals surface area contributed by atoms with Crippen molar-refractivity contribution in [1.82, 2.24) is 20.2 Å². The van der Waals surface area contributed by atoms with E-state index in [2.05, 4.69) is 15.4 Å². The fraction of sp³-hybridized carbons (Fsp3) is 0.188. The van der Waals surface area contributed by atoms with Crippen LogP contribution in [0.25, 0.3) is 17.1 Å². The van der Waals surface area contributed by atoms with Gasteiger partial charge in [-0.1, -0.05) is 49.4 Å². The molecule has 0 unspecified atom stereocenters. The summed E-state index contributed by atoms with van der Waals surface area (Å²) >= 11 is 0. The molecule has 1 N–H and O–H groups in total. The topological polar surface area (TPSA) is 63.8 Å². The molecule has 3 rings (SSSR count). The van der Waals surface area contributed by atoms with Gasteiger partial charge in [0.15, 0.2) is 0 Å². The molecule has 0 aliphatic carbocycles. The second-order valence-corrected chi connectivity index (χ2v) is 4.78. The quantitative estimate of drug-likeness (QED) is 0.798. The molecule has 3 aromatic rings. The summed E-state index contributed by atoms with van der Waals surface area (Å²) in [6.45, 7) is 1.95. The minimum Gasteiger partial charge on any atom is -0.388 e. The third-order valence-corrected chi connectivity index (χ3v) is 3.34. The van der Waals surface area contributed by atoms with Gasteiger partial charge in [-0.15, -0.1) is 15.0 Å². The second-order valence-electron chi connectivity index (χ2n) is 4.78. The Labute approximate surface area is 122 Å². The van der Waals surface area contributed by atoms with E-state index in [1.54, 1.807) is 0 Å². The van der Waals surface area contributed by atoms with Crippen molar-refractivity contribution >= 4 is 0 Å². The number of aliphatic hydroxyl groups excluding tert-OH is 1. The molecule has 0 saturated carbocycles. The monoisotopic (exact) mass is 280 g/mol. The molecule has 2 aromatic carbocycles. The summed E-state index contributed by atoms with van der Waals surface area (Å²) in [5.41, 5.74) is 2.64. The highest BCUT2D eigenvalue weighted by Gasteiger charge is 2.08. The van der Waals surface area contributed by atoms with Crippen LogP contribution in [0.2, 0.25) is 0 Å². The third kappa shape index (κ3) is 2.83. The normalized spacial score (nSPS) is 12.3. The Bertz CT molecular complexity index is 707. The largest absolute Gasteiger partial charge is 0.388 e. The van der Waals surface area contributed by atoms with Gasteiger partial charge in [-0.05, 0) is 29.3 Å². The standard InChI is InChI=1S/C16H16N4O/c1-2-15(21)12-8-10-14(11-9-12)20-18-16(17-19-20)13-6-4-3-5-7-13/h3-11,15,21H,2H2,1H3/t15-/m0/s1. The van der Waals surface area contributed by atoms with Crippen molar-refractivity contribution in [2.45, 2.75) is 19.4 Å². The number of nitrogens with zero attached hydrogens (tertiary/aromatic N) is 4. The smallest absolute Gasteiger partial charge is 0.205 e. The highest BCUT2D eigenvalue weighted by Crippen LogP contribution is 2.18. The van der Waals surface area contributed by atoms with Gasteiger partial charge in [-0.3, -0.25) is 0 Å². The summed E-state index contributed by atoms with van der Waals surface area (Å²) < 4.78 is 0. The van der Waals surface area contributed by atoms with Crippen molar-refractivity contribution in [3.05, 3.63) is 60.2 Å². The summed E-state index contributed by atoms with van der Waals surface area (Å²) in [6, 6.07) is 17.3. The van der Waals surface area contributed by atoms with Gasteiger partial charge in [-0.25, -0.2) is 0 Å². The van der Waals surface area contributed by atoms with Crippen molar-refractivity contribution in [1.29, 1.82) is 0 Å². The molecule has 0 fully saturated rings. The van der Waals surface area contributed by atoms with Crippen molar-refractivity contribution in [3.8, 4) is 17.1 Å². The molecule has 0 bridgehead atoms. The van der Waals surface area contributed by atoms with Gasteiger partial charge in [0, 0.05) is 5.56 Å². The zero-order valence-electron chi connectivity index (χ0n) is 11.7. The molecule has 1 heterocycles. The molecule has 21 heavy (non-hydrogen) atoms. The van der Waals surface area contributed by atoms with E-state index in [4.69, 9.17) is 0 Å². The van der Waals surface area contributed by atoms with Crippen LogP contribution in [0.1, 0.15) is 25.0 Å². The predicted molar refractivity (Wildman–Crippen MR) is 79.8 cm³/mol. The van der Waals surface area contributed by atoms with Crippen LogP contribution in [-0.4, -0.2) is 25.3 Å². The number of aliphatic hydroxyl groups is 1. The van der Waals surface area contributed by atoms with E-state index in [0.717, 1.165) is 16.8 Å². The highest BCUT2D eigenvalue weighted by atomic mass is 16.3. The maximum Gasteiger partial charge on any atom is 0.205 e. The minimum atomic E-state index is -0.428. The van der Waals surface area contributed by atoms with Crippen LogP contribution >= 0.6 is 0 Å². The molecule has 1 atom stereocenters. The average molecular weight is 280 g/mol. The first-order valence-electron chi connectivity index (χ1n) is 6.92. The van der Waals surface area contributed by atoms with E-state index in [-0.39, 0.29) is 0 Å².